The van der Waals surface area contributed by atoms with Crippen LogP contribution in [0, 0.1) is 13.8 Å². The average molecular weight is 339 g/mol. The normalized spacial score (nSPS) is 10.7. The Morgan fingerprint density at radius 1 is 1.12 bits per heavy atom. The number of carbonyl (C=O) groups is 1. The quantitative estimate of drug-likeness (QED) is 0.719. The molecule has 0 aliphatic heterocycles. The summed E-state index contributed by atoms with van der Waals surface area (Å²) in [4.78, 5) is 13.8. The van der Waals surface area contributed by atoms with Crippen LogP contribution in [0.1, 0.15) is 16.7 Å². The first-order valence-electron chi connectivity index (χ1n) is 8.27. The Morgan fingerprint density at radius 3 is 2.48 bits per heavy atom. The van der Waals surface area contributed by atoms with E-state index in [0.717, 1.165) is 17.1 Å². The largest absolute Gasteiger partial charge is 0.496 e. The Balaban J connectivity index is 1.86. The van der Waals surface area contributed by atoms with E-state index in [4.69, 9.17) is 9.47 Å². The number of rotatable bonds is 7. The molecule has 4 heteroatoms. The van der Waals surface area contributed by atoms with Crippen molar-refractivity contribution in [3.8, 4) is 11.5 Å². The highest BCUT2D eigenvalue weighted by atomic mass is 16.5. The van der Waals surface area contributed by atoms with Gasteiger partial charge < -0.3 is 14.4 Å². The lowest BCUT2D eigenvalue weighted by Crippen LogP contribution is -2.29. The van der Waals surface area contributed by atoms with Crippen molar-refractivity contribution in [2.45, 2.75) is 13.8 Å². The number of hydrogen-bond acceptors (Lipinski definition) is 3. The zero-order valence-electron chi connectivity index (χ0n) is 15.3. The SMILES string of the molecule is COc1ccccc1/C=C/C(=O)N(C)CCOc1cc(C)cc(C)c1. The fourth-order valence-corrected chi connectivity index (χ4v) is 2.52. The Morgan fingerprint density at radius 2 is 1.80 bits per heavy atom. The van der Waals surface area contributed by atoms with Crippen molar-refractivity contribution in [1.82, 2.24) is 4.90 Å². The zero-order chi connectivity index (χ0) is 18.2. The molecule has 0 spiro atoms. The fourth-order valence-electron chi connectivity index (χ4n) is 2.52. The summed E-state index contributed by atoms with van der Waals surface area (Å²) in [5.41, 5.74) is 3.21. The van der Waals surface area contributed by atoms with Crippen LogP contribution < -0.4 is 9.47 Å². The van der Waals surface area contributed by atoms with E-state index in [1.165, 1.54) is 11.1 Å². The zero-order valence-corrected chi connectivity index (χ0v) is 15.3. The molecule has 25 heavy (non-hydrogen) atoms. The first kappa shape index (κ1) is 18.6. The number of hydrogen-bond donors (Lipinski definition) is 0. The molecule has 0 bridgehead atoms. The average Bonchev–Trinajstić information content (AvgIpc) is 2.58. The third-order valence-corrected chi connectivity index (χ3v) is 3.81. The summed E-state index contributed by atoms with van der Waals surface area (Å²) in [5.74, 6) is 1.50. The minimum absolute atomic E-state index is 0.0741. The lowest BCUT2D eigenvalue weighted by atomic mass is 10.1. The minimum Gasteiger partial charge on any atom is -0.496 e. The van der Waals surface area contributed by atoms with E-state index in [1.54, 1.807) is 31.2 Å². The van der Waals surface area contributed by atoms with E-state index in [-0.39, 0.29) is 5.91 Å². The molecule has 0 N–H and O–H groups in total. The highest BCUT2D eigenvalue weighted by Crippen LogP contribution is 2.19. The highest BCUT2D eigenvalue weighted by molar-refractivity contribution is 5.92. The molecule has 0 heterocycles. The molecular formula is C21H25NO3. The molecule has 2 aromatic carbocycles. The second-order valence-corrected chi connectivity index (χ2v) is 6.01. The molecule has 4 nitrogen and oxygen atoms in total. The maximum absolute atomic E-state index is 12.2. The Bertz CT molecular complexity index is 732. The molecule has 0 aliphatic rings. The predicted molar refractivity (Wildman–Crippen MR) is 101 cm³/mol. The Hall–Kier alpha value is -2.75. The van der Waals surface area contributed by atoms with Crippen LogP contribution in [0.5, 0.6) is 11.5 Å². The number of benzene rings is 2. The molecule has 1 amide bonds. The molecule has 132 valence electrons. The van der Waals surface area contributed by atoms with Gasteiger partial charge in [-0.1, -0.05) is 24.3 Å². The molecule has 0 radical (unpaired) electrons. The maximum atomic E-state index is 12.2. The van der Waals surface area contributed by atoms with E-state index >= 15 is 0 Å². The van der Waals surface area contributed by atoms with Crippen LogP contribution >= 0.6 is 0 Å². The van der Waals surface area contributed by atoms with Crippen LogP contribution in [-0.2, 0) is 4.79 Å². The summed E-state index contributed by atoms with van der Waals surface area (Å²) in [6, 6.07) is 13.7. The fraction of sp³-hybridized carbons (Fsp3) is 0.286. The molecule has 0 saturated carbocycles. The van der Waals surface area contributed by atoms with Crippen LogP contribution in [0.2, 0.25) is 0 Å². The van der Waals surface area contributed by atoms with Crippen molar-refractivity contribution in [3.63, 3.8) is 0 Å². The third-order valence-electron chi connectivity index (χ3n) is 3.81. The highest BCUT2D eigenvalue weighted by Gasteiger charge is 2.06. The van der Waals surface area contributed by atoms with Gasteiger partial charge in [-0.05, 0) is 49.2 Å². The summed E-state index contributed by atoms with van der Waals surface area (Å²) in [6.07, 6.45) is 3.32. The Kier molecular flexibility index (Phi) is 6.63. The van der Waals surface area contributed by atoms with Crippen molar-refractivity contribution < 1.29 is 14.3 Å². The van der Waals surface area contributed by atoms with Crippen molar-refractivity contribution >= 4 is 12.0 Å². The van der Waals surface area contributed by atoms with E-state index in [2.05, 4.69) is 6.07 Å². The van der Waals surface area contributed by atoms with Crippen molar-refractivity contribution in [2.75, 3.05) is 27.3 Å². The molecule has 0 unspecified atom stereocenters. The van der Waals surface area contributed by atoms with Gasteiger partial charge >= 0.3 is 0 Å². The Labute approximate surface area is 149 Å². The molecule has 0 aromatic heterocycles. The van der Waals surface area contributed by atoms with Crippen LogP contribution in [0.3, 0.4) is 0 Å². The molecule has 0 atom stereocenters. The van der Waals surface area contributed by atoms with Gasteiger partial charge in [0.25, 0.3) is 0 Å². The topological polar surface area (TPSA) is 38.8 Å². The van der Waals surface area contributed by atoms with Gasteiger partial charge in [0.05, 0.1) is 13.7 Å². The number of para-hydroxylation sites is 1. The van der Waals surface area contributed by atoms with E-state index in [1.807, 2.05) is 50.2 Å². The maximum Gasteiger partial charge on any atom is 0.246 e. The van der Waals surface area contributed by atoms with Crippen molar-refractivity contribution in [3.05, 3.63) is 65.2 Å². The van der Waals surface area contributed by atoms with Crippen molar-refractivity contribution in [1.29, 1.82) is 0 Å². The molecule has 2 rings (SSSR count). The molecule has 0 aliphatic carbocycles. The molecule has 2 aromatic rings. The van der Waals surface area contributed by atoms with Gasteiger partial charge in [0.1, 0.15) is 18.1 Å². The van der Waals surface area contributed by atoms with E-state index in [9.17, 15) is 4.79 Å². The first-order chi connectivity index (χ1) is 12.0. The second kappa shape index (κ2) is 8.92. The van der Waals surface area contributed by atoms with Gasteiger partial charge in [-0.25, -0.2) is 0 Å². The van der Waals surface area contributed by atoms with E-state index < -0.39 is 0 Å². The summed E-state index contributed by atoms with van der Waals surface area (Å²) in [7, 11) is 3.38. The molecule has 0 saturated heterocycles. The van der Waals surface area contributed by atoms with Crippen LogP contribution in [0.15, 0.2) is 48.5 Å². The van der Waals surface area contributed by atoms with Gasteiger partial charge in [-0.15, -0.1) is 0 Å². The van der Waals surface area contributed by atoms with Crippen LogP contribution in [-0.4, -0.2) is 38.1 Å². The predicted octanol–water partition coefficient (Wildman–Crippen LogP) is 3.86. The van der Waals surface area contributed by atoms with Gasteiger partial charge in [-0.2, -0.15) is 0 Å². The minimum atomic E-state index is -0.0741. The molecule has 0 fully saturated rings. The summed E-state index contributed by atoms with van der Waals surface area (Å²) < 4.78 is 11.0. The van der Waals surface area contributed by atoms with E-state index in [0.29, 0.717) is 13.2 Å². The number of methoxy groups -OCH3 is 1. The number of ether oxygens (including phenoxy) is 2. The van der Waals surface area contributed by atoms with Gasteiger partial charge in [0.15, 0.2) is 0 Å². The summed E-state index contributed by atoms with van der Waals surface area (Å²) in [6.45, 7) is 5.05. The van der Waals surface area contributed by atoms with Crippen molar-refractivity contribution in [2.24, 2.45) is 0 Å². The standard InChI is InChI=1S/C21H25NO3/c1-16-13-17(2)15-19(14-16)25-12-11-22(3)21(23)10-9-18-7-5-6-8-20(18)24-4/h5-10,13-15H,11-12H2,1-4H3/b10-9+. The number of likely N-dealkylation sites (N-methyl/N-ethyl adjacent to an activating group) is 1. The van der Waals surface area contributed by atoms with Gasteiger partial charge in [0.2, 0.25) is 5.91 Å². The monoisotopic (exact) mass is 339 g/mol. The lowest BCUT2D eigenvalue weighted by Gasteiger charge is -2.16. The van der Waals surface area contributed by atoms with Gasteiger partial charge in [0, 0.05) is 18.7 Å². The number of aryl methyl sites for hydroxylation is 2. The smallest absolute Gasteiger partial charge is 0.246 e. The summed E-state index contributed by atoms with van der Waals surface area (Å²) >= 11 is 0. The summed E-state index contributed by atoms with van der Waals surface area (Å²) in [5, 5.41) is 0. The number of carbonyl (C=O) groups excluding carboxylic acids is 1. The second-order valence-electron chi connectivity index (χ2n) is 6.01. The number of nitrogens with zero attached hydrogens (tertiary/aromatic N) is 1. The third kappa shape index (κ3) is 5.68. The number of amides is 1. The first-order valence-corrected chi connectivity index (χ1v) is 8.27. The van der Waals surface area contributed by atoms with Crippen LogP contribution in [0.4, 0.5) is 0 Å². The van der Waals surface area contributed by atoms with Crippen LogP contribution in [0.25, 0.3) is 6.08 Å². The van der Waals surface area contributed by atoms with Gasteiger partial charge in [-0.3, -0.25) is 4.79 Å². The molecular weight excluding hydrogens is 314 g/mol. The lowest BCUT2D eigenvalue weighted by molar-refractivity contribution is -0.125.